The van der Waals surface area contributed by atoms with E-state index in [1.54, 1.807) is 0 Å². The summed E-state index contributed by atoms with van der Waals surface area (Å²) in [7, 11) is 0. The van der Waals surface area contributed by atoms with E-state index in [2.05, 4.69) is 243 Å². The molecule has 0 saturated heterocycles. The zero-order valence-corrected chi connectivity index (χ0v) is 35.5. The van der Waals surface area contributed by atoms with E-state index in [1.165, 1.54) is 99.9 Å². The zero-order valence-electron chi connectivity index (χ0n) is 35.5. The summed E-state index contributed by atoms with van der Waals surface area (Å²) in [6.07, 6.45) is 0. The van der Waals surface area contributed by atoms with Crippen LogP contribution in [0.25, 0.3) is 72.0 Å². The average molecular weight is 795 g/mol. The maximum Gasteiger partial charge on any atom is 0.0543 e. The number of hydrogen-bond donors (Lipinski definition) is 0. The molecule has 0 spiro atoms. The van der Waals surface area contributed by atoms with E-state index < -0.39 is 0 Å². The molecule has 12 rings (SSSR count). The minimum atomic E-state index is -0.176. The highest BCUT2D eigenvalue weighted by Gasteiger charge is 2.39. The van der Waals surface area contributed by atoms with Crippen LogP contribution in [0, 0.1) is 0 Å². The second-order valence-electron chi connectivity index (χ2n) is 18.2. The van der Waals surface area contributed by atoms with Crippen LogP contribution in [-0.2, 0) is 10.8 Å². The van der Waals surface area contributed by atoms with Gasteiger partial charge in [-0.05, 0) is 128 Å². The van der Waals surface area contributed by atoms with Gasteiger partial charge in [0.15, 0.2) is 0 Å². The number of hydrogen-bond acceptors (Lipinski definition) is 1. The second kappa shape index (κ2) is 13.5. The van der Waals surface area contributed by atoms with Gasteiger partial charge in [-0.3, -0.25) is 0 Å². The van der Waals surface area contributed by atoms with Gasteiger partial charge in [0, 0.05) is 44.2 Å². The Balaban J connectivity index is 1.02. The molecule has 2 aliphatic rings. The van der Waals surface area contributed by atoms with Gasteiger partial charge >= 0.3 is 0 Å². The Morgan fingerprint density at radius 3 is 1.74 bits per heavy atom. The minimum Gasteiger partial charge on any atom is -0.310 e. The van der Waals surface area contributed by atoms with Crippen molar-refractivity contribution in [2.75, 3.05) is 4.90 Å². The molecule has 0 fully saturated rings. The van der Waals surface area contributed by atoms with Crippen molar-refractivity contribution < 1.29 is 0 Å². The fourth-order valence-electron chi connectivity index (χ4n) is 10.8. The molecule has 0 unspecified atom stereocenters. The van der Waals surface area contributed by atoms with Crippen LogP contribution in [0.5, 0.6) is 0 Å². The van der Waals surface area contributed by atoms with Gasteiger partial charge in [-0.2, -0.15) is 0 Å². The van der Waals surface area contributed by atoms with Crippen molar-refractivity contribution >= 4 is 38.9 Å². The number of nitrogens with zero attached hydrogens (tertiary/aromatic N) is 2. The summed E-state index contributed by atoms with van der Waals surface area (Å²) in [4.78, 5) is 2.51. The molecule has 0 atom stereocenters. The second-order valence-corrected chi connectivity index (χ2v) is 18.2. The molecule has 1 heterocycles. The summed E-state index contributed by atoms with van der Waals surface area (Å²) >= 11 is 0. The fourth-order valence-corrected chi connectivity index (χ4v) is 10.8. The predicted molar refractivity (Wildman–Crippen MR) is 261 cm³/mol. The number of rotatable bonds is 6. The smallest absolute Gasteiger partial charge is 0.0543 e. The third-order valence-corrected chi connectivity index (χ3v) is 14.0. The molecule has 10 aromatic rings. The first-order valence-corrected chi connectivity index (χ1v) is 21.8. The van der Waals surface area contributed by atoms with Crippen LogP contribution in [0.2, 0.25) is 0 Å². The molecule has 2 heteroatoms. The molecule has 1 aromatic heterocycles. The number of benzene rings is 9. The highest BCUT2D eigenvalue weighted by Crippen LogP contribution is 2.56. The van der Waals surface area contributed by atoms with Crippen LogP contribution < -0.4 is 4.90 Å². The van der Waals surface area contributed by atoms with Gasteiger partial charge in [0.25, 0.3) is 0 Å². The maximum absolute atomic E-state index is 2.51. The SMILES string of the molecule is CC1(C)c2ccccc2-c2ccc(N(c3ccc(-c4ccc5c(c4)c4ccccc4n5-c4ccccc4)cc3)c3cccc4c3-c3ccc(-c5ccccc5)cc3C4(C)C)cc21. The van der Waals surface area contributed by atoms with Crippen molar-refractivity contribution in [1.29, 1.82) is 0 Å². The van der Waals surface area contributed by atoms with E-state index in [0.29, 0.717) is 0 Å². The number of aromatic nitrogens is 1. The molecule has 296 valence electrons. The zero-order chi connectivity index (χ0) is 41.7. The number of fused-ring (bicyclic) bond motifs is 9. The molecule has 2 nitrogen and oxygen atoms in total. The van der Waals surface area contributed by atoms with E-state index in [9.17, 15) is 0 Å². The van der Waals surface area contributed by atoms with Crippen molar-refractivity contribution in [3.63, 3.8) is 0 Å². The Bertz CT molecular complexity index is 3390. The van der Waals surface area contributed by atoms with Gasteiger partial charge in [-0.15, -0.1) is 0 Å². The van der Waals surface area contributed by atoms with E-state index >= 15 is 0 Å². The largest absolute Gasteiger partial charge is 0.310 e. The van der Waals surface area contributed by atoms with Gasteiger partial charge in [0.05, 0.1) is 16.7 Å². The molecule has 2 aliphatic carbocycles. The lowest BCUT2D eigenvalue weighted by Crippen LogP contribution is -2.17. The van der Waals surface area contributed by atoms with Crippen molar-refractivity contribution in [3.05, 3.63) is 229 Å². The van der Waals surface area contributed by atoms with Gasteiger partial charge in [-0.1, -0.05) is 167 Å². The van der Waals surface area contributed by atoms with Crippen molar-refractivity contribution in [3.8, 4) is 50.2 Å². The van der Waals surface area contributed by atoms with Crippen LogP contribution >= 0.6 is 0 Å². The number of para-hydroxylation sites is 2. The lowest BCUT2D eigenvalue weighted by molar-refractivity contribution is 0.660. The number of anilines is 3. The van der Waals surface area contributed by atoms with Gasteiger partial charge in [0.2, 0.25) is 0 Å². The summed E-state index contributed by atoms with van der Waals surface area (Å²) in [5.74, 6) is 0. The topological polar surface area (TPSA) is 8.17 Å². The maximum atomic E-state index is 2.51. The molecule has 9 aromatic carbocycles. The first-order valence-electron chi connectivity index (χ1n) is 21.8. The Morgan fingerprint density at radius 1 is 0.355 bits per heavy atom. The first-order chi connectivity index (χ1) is 30.3. The predicted octanol–water partition coefficient (Wildman–Crippen LogP) is 16.2. The standard InChI is InChI=1S/C60H46N2/c1-59(2)51-22-13-11-20-46(51)47-34-32-45(38-54(47)59)61(57-25-15-23-52-58(57)49-33-28-42(37-53(49)60(52,3)4)39-16-7-5-8-17-39)44-30-26-40(27-31-44)41-29-35-56-50(36-41)48-21-12-14-24-55(48)62(56)43-18-9-6-10-19-43/h5-38H,1-4H3. The van der Waals surface area contributed by atoms with Crippen LogP contribution in [0.15, 0.2) is 206 Å². The minimum absolute atomic E-state index is 0.124. The Labute approximate surface area is 364 Å². The first kappa shape index (κ1) is 36.4. The van der Waals surface area contributed by atoms with Gasteiger partial charge in [-0.25, -0.2) is 0 Å². The third kappa shape index (κ3) is 5.36. The van der Waals surface area contributed by atoms with E-state index in [4.69, 9.17) is 0 Å². The van der Waals surface area contributed by atoms with Crippen LogP contribution in [0.3, 0.4) is 0 Å². The van der Waals surface area contributed by atoms with Crippen LogP contribution in [-0.4, -0.2) is 4.57 Å². The molecular formula is C60H46N2. The molecular weight excluding hydrogens is 749 g/mol. The fraction of sp³-hybridized carbons (Fsp3) is 0.100. The van der Waals surface area contributed by atoms with Gasteiger partial charge < -0.3 is 9.47 Å². The Kier molecular flexibility index (Phi) is 7.96. The Morgan fingerprint density at radius 2 is 0.919 bits per heavy atom. The lowest BCUT2D eigenvalue weighted by atomic mass is 9.81. The van der Waals surface area contributed by atoms with Crippen molar-refractivity contribution in [1.82, 2.24) is 4.57 Å². The monoisotopic (exact) mass is 794 g/mol. The third-order valence-electron chi connectivity index (χ3n) is 14.0. The molecule has 62 heavy (non-hydrogen) atoms. The van der Waals surface area contributed by atoms with Crippen LogP contribution in [0.4, 0.5) is 17.1 Å². The molecule has 0 N–H and O–H groups in total. The summed E-state index contributed by atoms with van der Waals surface area (Å²) in [5.41, 5.74) is 22.4. The summed E-state index contributed by atoms with van der Waals surface area (Å²) in [6.45, 7) is 9.52. The van der Waals surface area contributed by atoms with Gasteiger partial charge in [0.1, 0.15) is 0 Å². The molecule has 0 saturated carbocycles. The Hall–Kier alpha value is -7.42. The summed E-state index contributed by atoms with van der Waals surface area (Å²) < 4.78 is 2.38. The highest BCUT2D eigenvalue weighted by atomic mass is 15.1. The van der Waals surface area contributed by atoms with Crippen LogP contribution in [0.1, 0.15) is 49.9 Å². The molecule has 0 bridgehead atoms. The molecule has 0 aliphatic heterocycles. The lowest BCUT2D eigenvalue weighted by Gasteiger charge is -2.30. The summed E-state index contributed by atoms with van der Waals surface area (Å²) in [6, 6.07) is 76.5. The van der Waals surface area contributed by atoms with Crippen molar-refractivity contribution in [2.24, 2.45) is 0 Å². The normalized spacial score (nSPS) is 14.1. The summed E-state index contributed by atoms with van der Waals surface area (Å²) in [5, 5.41) is 2.51. The highest BCUT2D eigenvalue weighted by molar-refractivity contribution is 6.10. The quantitative estimate of drug-likeness (QED) is 0.163. The van der Waals surface area contributed by atoms with E-state index in [-0.39, 0.29) is 10.8 Å². The average Bonchev–Trinajstić information content (AvgIpc) is 3.86. The van der Waals surface area contributed by atoms with E-state index in [0.717, 1.165) is 11.4 Å². The molecule has 0 amide bonds. The van der Waals surface area contributed by atoms with Crippen molar-refractivity contribution in [2.45, 2.75) is 38.5 Å². The molecule has 0 radical (unpaired) electrons. The van der Waals surface area contributed by atoms with E-state index in [1.807, 2.05) is 0 Å².